The minimum absolute atomic E-state index is 0.117. The Balaban J connectivity index is 1.27. The zero-order chi connectivity index (χ0) is 28.1. The van der Waals surface area contributed by atoms with E-state index in [1.165, 1.54) is 0 Å². The highest BCUT2D eigenvalue weighted by Gasteiger charge is 2.32. The van der Waals surface area contributed by atoms with Gasteiger partial charge in [-0.15, -0.1) is 10.2 Å². The normalized spacial score (nSPS) is 17.3. The number of amides is 1. The number of ether oxygens (including phenoxy) is 3. The molecule has 0 unspecified atom stereocenters. The van der Waals surface area contributed by atoms with Gasteiger partial charge < -0.3 is 19.5 Å². The average Bonchev–Trinajstić information content (AvgIpc) is 3.46. The lowest BCUT2D eigenvalue weighted by atomic mass is 9.87. The summed E-state index contributed by atoms with van der Waals surface area (Å²) in [5.41, 5.74) is 3.50. The van der Waals surface area contributed by atoms with Gasteiger partial charge in [-0.2, -0.15) is 4.80 Å². The third-order valence-electron chi connectivity index (χ3n) is 7.34. The van der Waals surface area contributed by atoms with Crippen molar-refractivity contribution in [2.24, 2.45) is 0 Å². The molecule has 0 aliphatic carbocycles. The van der Waals surface area contributed by atoms with Crippen molar-refractivity contribution in [3.05, 3.63) is 83.4 Å². The first kappa shape index (κ1) is 27.1. The van der Waals surface area contributed by atoms with E-state index >= 15 is 0 Å². The zero-order valence-corrected chi connectivity index (χ0v) is 23.2. The number of methoxy groups -OCH3 is 3. The maximum absolute atomic E-state index is 13.3. The second kappa shape index (κ2) is 12.2. The molecule has 5 rings (SSSR count). The fraction of sp³-hybridized carbons (Fsp3) is 0.333. The summed E-state index contributed by atoms with van der Waals surface area (Å²) in [5, 5.41) is 16.1. The topological polar surface area (TPSA) is 104 Å². The van der Waals surface area contributed by atoms with Crippen molar-refractivity contribution < 1.29 is 19.0 Å². The summed E-state index contributed by atoms with van der Waals surface area (Å²) in [7, 11) is 6.94. The van der Waals surface area contributed by atoms with Gasteiger partial charge in [0.2, 0.25) is 5.82 Å². The van der Waals surface area contributed by atoms with Crippen LogP contribution in [-0.2, 0) is 6.54 Å². The van der Waals surface area contributed by atoms with Gasteiger partial charge in [-0.05, 0) is 79.2 Å². The molecule has 0 bridgehead atoms. The first-order valence-corrected chi connectivity index (χ1v) is 13.2. The van der Waals surface area contributed by atoms with E-state index in [1.807, 2.05) is 61.6 Å². The number of tetrazole rings is 1. The molecule has 1 saturated heterocycles. The van der Waals surface area contributed by atoms with E-state index in [4.69, 9.17) is 14.2 Å². The summed E-state index contributed by atoms with van der Waals surface area (Å²) in [6.07, 6.45) is 1.85. The lowest BCUT2D eigenvalue weighted by molar-refractivity contribution is 0.0786. The van der Waals surface area contributed by atoms with Crippen LogP contribution in [0.15, 0.2) is 66.7 Å². The summed E-state index contributed by atoms with van der Waals surface area (Å²) in [6, 6.07) is 21.0. The average molecular weight is 543 g/mol. The van der Waals surface area contributed by atoms with Crippen LogP contribution in [0.4, 0.5) is 0 Å². The molecule has 0 spiro atoms. The molecule has 0 saturated carbocycles. The zero-order valence-electron chi connectivity index (χ0n) is 23.2. The molecule has 2 heterocycles. The van der Waals surface area contributed by atoms with Gasteiger partial charge in [-0.25, -0.2) is 0 Å². The molecular formula is C30H34N6O4. The summed E-state index contributed by atoms with van der Waals surface area (Å²) < 4.78 is 16.1. The minimum atomic E-state index is -0.154. The molecule has 2 atom stereocenters. The fourth-order valence-electron chi connectivity index (χ4n) is 5.12. The fourth-order valence-corrected chi connectivity index (χ4v) is 5.12. The molecule has 3 aromatic carbocycles. The minimum Gasteiger partial charge on any atom is -0.497 e. The van der Waals surface area contributed by atoms with Crippen LogP contribution in [0.3, 0.4) is 0 Å². The molecule has 10 nitrogen and oxygen atoms in total. The van der Waals surface area contributed by atoms with Gasteiger partial charge in [0, 0.05) is 17.0 Å². The monoisotopic (exact) mass is 542 g/mol. The van der Waals surface area contributed by atoms with E-state index in [0.717, 1.165) is 41.8 Å². The Morgan fingerprint density at radius 3 is 2.40 bits per heavy atom. The van der Waals surface area contributed by atoms with E-state index in [-0.39, 0.29) is 18.0 Å². The van der Waals surface area contributed by atoms with Gasteiger partial charge >= 0.3 is 0 Å². The Morgan fingerprint density at radius 2 is 1.70 bits per heavy atom. The number of nitrogens with one attached hydrogen (secondary N) is 1. The van der Waals surface area contributed by atoms with Gasteiger partial charge in [0.25, 0.3) is 5.91 Å². The van der Waals surface area contributed by atoms with E-state index < -0.39 is 0 Å². The number of likely N-dealkylation sites (N-methyl/N-ethyl adjacent to an activating group) is 1. The van der Waals surface area contributed by atoms with Crippen LogP contribution >= 0.6 is 0 Å². The number of nitrogens with zero attached hydrogens (tertiary/aromatic N) is 5. The Labute approximate surface area is 233 Å². The molecule has 1 N–H and O–H groups in total. The van der Waals surface area contributed by atoms with Crippen LogP contribution in [0.25, 0.3) is 11.4 Å². The molecule has 1 fully saturated rings. The van der Waals surface area contributed by atoms with Crippen molar-refractivity contribution >= 4 is 5.91 Å². The van der Waals surface area contributed by atoms with Crippen molar-refractivity contribution in [2.75, 3.05) is 34.9 Å². The van der Waals surface area contributed by atoms with Crippen molar-refractivity contribution in [3.8, 4) is 28.6 Å². The Morgan fingerprint density at radius 1 is 0.950 bits per heavy atom. The van der Waals surface area contributed by atoms with Gasteiger partial charge in [0.15, 0.2) is 11.5 Å². The van der Waals surface area contributed by atoms with E-state index in [9.17, 15) is 4.79 Å². The van der Waals surface area contributed by atoms with E-state index in [1.54, 1.807) is 38.3 Å². The van der Waals surface area contributed by atoms with Gasteiger partial charge in [-0.3, -0.25) is 9.69 Å². The van der Waals surface area contributed by atoms with E-state index in [2.05, 4.69) is 25.6 Å². The van der Waals surface area contributed by atoms with Crippen LogP contribution in [0.2, 0.25) is 0 Å². The predicted octanol–water partition coefficient (Wildman–Crippen LogP) is 3.98. The summed E-state index contributed by atoms with van der Waals surface area (Å²) in [5.74, 6) is 2.65. The Bertz CT molecular complexity index is 1440. The summed E-state index contributed by atoms with van der Waals surface area (Å²) in [6.45, 7) is 1.40. The molecule has 10 heteroatoms. The van der Waals surface area contributed by atoms with Crippen LogP contribution in [0, 0.1) is 0 Å². The van der Waals surface area contributed by atoms with Crippen LogP contribution in [0.5, 0.6) is 17.2 Å². The highest BCUT2D eigenvalue weighted by atomic mass is 16.5. The second-order valence-corrected chi connectivity index (χ2v) is 9.83. The van der Waals surface area contributed by atoms with Crippen LogP contribution in [-0.4, -0.2) is 72.1 Å². The Hall–Kier alpha value is -4.44. The standard InChI is InChI=1S/C30H34N6O4/c1-35-17-5-6-25(23-13-16-26(39-3)27(18-23)40-4)29(35)31-30(37)22-11-9-21(10-12-22)28-32-34-36(33-28)19-20-7-14-24(38-2)15-8-20/h7-16,18,25,29H,5-6,17,19H2,1-4H3,(H,31,37)/t25-,29-/m0/s1. The number of carbonyl (C=O) groups excluding carboxylic acids is 1. The molecule has 4 aromatic rings. The third-order valence-corrected chi connectivity index (χ3v) is 7.34. The molecule has 1 aliphatic heterocycles. The highest BCUT2D eigenvalue weighted by molar-refractivity contribution is 5.94. The largest absolute Gasteiger partial charge is 0.497 e. The third kappa shape index (κ3) is 5.91. The van der Waals surface area contributed by atoms with Crippen molar-refractivity contribution in [1.29, 1.82) is 0 Å². The first-order chi connectivity index (χ1) is 19.5. The molecule has 0 radical (unpaired) electrons. The van der Waals surface area contributed by atoms with Gasteiger partial charge in [0.1, 0.15) is 5.75 Å². The number of likely N-dealkylation sites (tertiary alicyclic amines) is 1. The highest BCUT2D eigenvalue weighted by Crippen LogP contribution is 2.36. The molecule has 1 aromatic heterocycles. The Kier molecular flexibility index (Phi) is 8.26. The number of carbonyl (C=O) groups is 1. The van der Waals surface area contributed by atoms with Crippen LogP contribution < -0.4 is 19.5 Å². The van der Waals surface area contributed by atoms with Crippen molar-refractivity contribution in [3.63, 3.8) is 0 Å². The summed E-state index contributed by atoms with van der Waals surface area (Å²) in [4.78, 5) is 17.1. The number of rotatable bonds is 9. The molecule has 208 valence electrons. The lowest BCUT2D eigenvalue weighted by Gasteiger charge is -2.40. The number of hydrogen-bond acceptors (Lipinski definition) is 8. The quantitative estimate of drug-likeness (QED) is 0.339. The smallest absolute Gasteiger partial charge is 0.252 e. The van der Waals surface area contributed by atoms with Gasteiger partial charge in [-0.1, -0.05) is 30.3 Å². The first-order valence-electron chi connectivity index (χ1n) is 13.2. The maximum atomic E-state index is 13.3. The van der Waals surface area contributed by atoms with E-state index in [0.29, 0.717) is 29.4 Å². The molecular weight excluding hydrogens is 508 g/mol. The molecule has 1 amide bonds. The van der Waals surface area contributed by atoms with Gasteiger partial charge in [0.05, 0.1) is 34.0 Å². The SMILES string of the molecule is COc1ccc(Cn2nnc(-c3ccc(C(=O)N[C@@H]4[C@H](c5ccc(OC)c(OC)c5)CCCN4C)cc3)n2)cc1. The predicted molar refractivity (Wildman–Crippen MR) is 151 cm³/mol. The van der Waals surface area contributed by atoms with Crippen LogP contribution in [0.1, 0.15) is 40.2 Å². The lowest BCUT2D eigenvalue weighted by Crippen LogP contribution is -2.52. The van der Waals surface area contributed by atoms with Crippen molar-refractivity contribution in [2.45, 2.75) is 31.5 Å². The number of piperidine rings is 1. The molecule has 40 heavy (non-hydrogen) atoms. The van der Waals surface area contributed by atoms with Crippen molar-refractivity contribution in [1.82, 2.24) is 30.4 Å². The second-order valence-electron chi connectivity index (χ2n) is 9.83. The summed E-state index contributed by atoms with van der Waals surface area (Å²) >= 11 is 0. The number of aromatic nitrogens is 4. The number of benzene rings is 3. The molecule has 1 aliphatic rings. The maximum Gasteiger partial charge on any atom is 0.252 e. The number of hydrogen-bond donors (Lipinski definition) is 1.